The molecule has 1 heterocycles. The summed E-state index contributed by atoms with van der Waals surface area (Å²) >= 11 is 0. The third kappa shape index (κ3) is 2.53. The monoisotopic (exact) mass is 233 g/mol. The van der Waals surface area contributed by atoms with E-state index in [0.717, 1.165) is 26.2 Å². The van der Waals surface area contributed by atoms with Crippen molar-refractivity contribution in [3.63, 3.8) is 0 Å². The lowest BCUT2D eigenvalue weighted by atomic mass is 9.67. The highest BCUT2D eigenvalue weighted by atomic mass is 16.5. The Kier molecular flexibility index (Phi) is 3.28. The topological polar surface area (TPSA) is 35.2 Å². The molecule has 2 heteroatoms. The second-order valence-corrected chi connectivity index (χ2v) is 6.19. The summed E-state index contributed by atoms with van der Waals surface area (Å²) in [6.07, 6.45) is 1.10. The van der Waals surface area contributed by atoms with Crippen LogP contribution in [0.4, 0.5) is 0 Å². The molecule has 0 amide bonds. The van der Waals surface area contributed by atoms with E-state index in [1.54, 1.807) is 0 Å². The van der Waals surface area contributed by atoms with Crippen LogP contribution in [0, 0.1) is 12.3 Å². The fourth-order valence-corrected chi connectivity index (χ4v) is 2.68. The van der Waals surface area contributed by atoms with Gasteiger partial charge in [-0.25, -0.2) is 0 Å². The molecule has 0 saturated carbocycles. The van der Waals surface area contributed by atoms with Gasteiger partial charge in [-0.05, 0) is 30.9 Å². The minimum Gasteiger partial charge on any atom is -0.379 e. The number of hydrogen-bond acceptors (Lipinski definition) is 2. The summed E-state index contributed by atoms with van der Waals surface area (Å²) in [5, 5.41) is 0. The van der Waals surface area contributed by atoms with Gasteiger partial charge in [0.25, 0.3) is 0 Å². The fourth-order valence-electron chi connectivity index (χ4n) is 2.68. The van der Waals surface area contributed by atoms with Crippen LogP contribution in [0.2, 0.25) is 0 Å². The van der Waals surface area contributed by atoms with Crippen molar-refractivity contribution in [2.75, 3.05) is 19.8 Å². The molecule has 0 radical (unpaired) electrons. The molecule has 0 spiro atoms. The Bertz CT molecular complexity index is 394. The number of aryl methyl sites for hydroxylation is 1. The van der Waals surface area contributed by atoms with Gasteiger partial charge in [-0.2, -0.15) is 0 Å². The molecule has 0 aliphatic carbocycles. The Balaban J connectivity index is 2.26. The van der Waals surface area contributed by atoms with Crippen LogP contribution in [-0.4, -0.2) is 19.8 Å². The lowest BCUT2D eigenvalue weighted by Crippen LogP contribution is -2.50. The zero-order valence-corrected chi connectivity index (χ0v) is 11.1. The fraction of sp³-hybridized carbons (Fsp3) is 0.600. The van der Waals surface area contributed by atoms with Crippen molar-refractivity contribution in [1.29, 1.82) is 0 Å². The minimum absolute atomic E-state index is 0.174. The van der Waals surface area contributed by atoms with Gasteiger partial charge in [0.15, 0.2) is 0 Å². The van der Waals surface area contributed by atoms with Gasteiger partial charge in [-0.1, -0.05) is 43.7 Å². The minimum atomic E-state index is 0.174. The van der Waals surface area contributed by atoms with Crippen LogP contribution in [0.5, 0.6) is 0 Å². The maximum atomic E-state index is 5.86. The molecule has 94 valence electrons. The predicted molar refractivity (Wildman–Crippen MR) is 71.1 cm³/mol. The predicted octanol–water partition coefficient (Wildman–Crippen LogP) is 2.64. The Labute approximate surface area is 104 Å². The van der Waals surface area contributed by atoms with Crippen molar-refractivity contribution >= 4 is 0 Å². The molecule has 0 unspecified atom stereocenters. The Morgan fingerprint density at radius 3 is 2.53 bits per heavy atom. The van der Waals surface area contributed by atoms with Gasteiger partial charge in [0, 0.05) is 5.41 Å². The summed E-state index contributed by atoms with van der Waals surface area (Å²) in [6.45, 7) is 9.01. The van der Waals surface area contributed by atoms with Crippen LogP contribution in [0.25, 0.3) is 0 Å². The zero-order valence-electron chi connectivity index (χ0n) is 11.1. The van der Waals surface area contributed by atoms with E-state index in [-0.39, 0.29) is 10.8 Å². The number of rotatable bonds is 4. The van der Waals surface area contributed by atoms with Crippen molar-refractivity contribution < 1.29 is 4.74 Å². The smallest absolute Gasteiger partial charge is 0.0585 e. The third-order valence-corrected chi connectivity index (χ3v) is 3.76. The maximum absolute atomic E-state index is 5.86. The Morgan fingerprint density at radius 2 is 2.06 bits per heavy atom. The van der Waals surface area contributed by atoms with E-state index >= 15 is 0 Å². The molecule has 1 aliphatic rings. The zero-order chi connectivity index (χ0) is 12.5. The number of ether oxygens (including phenoxy) is 1. The van der Waals surface area contributed by atoms with Crippen molar-refractivity contribution in [1.82, 2.24) is 0 Å². The second-order valence-electron chi connectivity index (χ2n) is 6.19. The molecule has 1 fully saturated rings. The van der Waals surface area contributed by atoms with Gasteiger partial charge < -0.3 is 10.5 Å². The lowest BCUT2D eigenvalue weighted by Gasteiger charge is -2.46. The first-order valence-electron chi connectivity index (χ1n) is 6.32. The Hall–Kier alpha value is -0.860. The molecule has 2 rings (SSSR count). The van der Waals surface area contributed by atoms with Gasteiger partial charge >= 0.3 is 0 Å². The van der Waals surface area contributed by atoms with E-state index in [4.69, 9.17) is 10.5 Å². The normalized spacial score (nSPS) is 18.8. The molecule has 2 nitrogen and oxygen atoms in total. The molecular weight excluding hydrogens is 210 g/mol. The first-order valence-corrected chi connectivity index (χ1v) is 6.32. The molecule has 1 aliphatic heterocycles. The summed E-state index contributed by atoms with van der Waals surface area (Å²) in [6, 6.07) is 8.79. The molecule has 1 aromatic rings. The summed E-state index contributed by atoms with van der Waals surface area (Å²) in [5.74, 6) is 0. The summed E-state index contributed by atoms with van der Waals surface area (Å²) in [7, 11) is 0. The van der Waals surface area contributed by atoms with Crippen molar-refractivity contribution in [2.45, 2.75) is 32.6 Å². The molecule has 2 N–H and O–H groups in total. The highest BCUT2D eigenvalue weighted by Gasteiger charge is 2.43. The van der Waals surface area contributed by atoms with E-state index < -0.39 is 0 Å². The van der Waals surface area contributed by atoms with Gasteiger partial charge in [-0.3, -0.25) is 0 Å². The van der Waals surface area contributed by atoms with Crippen LogP contribution < -0.4 is 5.73 Å². The van der Waals surface area contributed by atoms with Crippen LogP contribution >= 0.6 is 0 Å². The largest absolute Gasteiger partial charge is 0.379 e. The highest BCUT2D eigenvalue weighted by molar-refractivity contribution is 5.32. The summed E-state index contributed by atoms with van der Waals surface area (Å²) < 4.78 is 5.48. The van der Waals surface area contributed by atoms with Crippen LogP contribution in [0.3, 0.4) is 0 Å². The van der Waals surface area contributed by atoms with E-state index in [2.05, 4.69) is 45.0 Å². The first kappa shape index (κ1) is 12.6. The maximum Gasteiger partial charge on any atom is 0.0585 e. The average molecular weight is 233 g/mol. The molecule has 17 heavy (non-hydrogen) atoms. The van der Waals surface area contributed by atoms with Gasteiger partial charge in [0.2, 0.25) is 0 Å². The molecule has 0 atom stereocenters. The highest BCUT2D eigenvalue weighted by Crippen LogP contribution is 2.42. The third-order valence-electron chi connectivity index (χ3n) is 3.76. The van der Waals surface area contributed by atoms with Gasteiger partial charge in [0.1, 0.15) is 0 Å². The van der Waals surface area contributed by atoms with Gasteiger partial charge in [0.05, 0.1) is 13.2 Å². The van der Waals surface area contributed by atoms with Crippen LogP contribution in [0.1, 0.15) is 31.4 Å². The van der Waals surface area contributed by atoms with Crippen molar-refractivity contribution in [2.24, 2.45) is 11.1 Å². The van der Waals surface area contributed by atoms with E-state index in [1.807, 2.05) is 0 Å². The molecular formula is C15H23NO. The van der Waals surface area contributed by atoms with E-state index in [9.17, 15) is 0 Å². The van der Waals surface area contributed by atoms with E-state index in [0.29, 0.717) is 0 Å². The van der Waals surface area contributed by atoms with E-state index in [1.165, 1.54) is 11.1 Å². The SMILES string of the molecule is Cc1cccc(C2(CC(C)(C)CN)COC2)c1. The first-order chi connectivity index (χ1) is 7.97. The molecule has 0 aromatic heterocycles. The van der Waals surface area contributed by atoms with Crippen molar-refractivity contribution in [3.8, 4) is 0 Å². The molecule has 1 aromatic carbocycles. The number of nitrogens with two attached hydrogens (primary N) is 1. The molecule has 1 saturated heterocycles. The van der Waals surface area contributed by atoms with Gasteiger partial charge in [-0.15, -0.1) is 0 Å². The number of hydrogen-bond donors (Lipinski definition) is 1. The lowest BCUT2D eigenvalue weighted by molar-refractivity contribution is -0.0786. The second kappa shape index (κ2) is 4.43. The van der Waals surface area contributed by atoms with Crippen LogP contribution in [-0.2, 0) is 10.2 Å². The van der Waals surface area contributed by atoms with Crippen LogP contribution in [0.15, 0.2) is 24.3 Å². The average Bonchev–Trinajstić information content (AvgIpc) is 2.24. The molecule has 0 bridgehead atoms. The Morgan fingerprint density at radius 1 is 1.35 bits per heavy atom. The summed E-state index contributed by atoms with van der Waals surface area (Å²) in [4.78, 5) is 0. The number of benzene rings is 1. The summed E-state index contributed by atoms with van der Waals surface area (Å²) in [5.41, 5.74) is 8.95. The quantitative estimate of drug-likeness (QED) is 0.867. The van der Waals surface area contributed by atoms with Crippen molar-refractivity contribution in [3.05, 3.63) is 35.4 Å². The standard InChI is InChI=1S/C15H23NO/c1-12-5-4-6-13(7-12)15(10-17-11-15)8-14(2,3)9-16/h4-7H,8-11,16H2,1-3H3.